The molecule has 25 heavy (non-hydrogen) atoms. The number of pyridine rings is 1. The van der Waals surface area contributed by atoms with Crippen molar-refractivity contribution in [1.29, 1.82) is 0 Å². The highest BCUT2D eigenvalue weighted by Crippen LogP contribution is 2.23. The van der Waals surface area contributed by atoms with Crippen molar-refractivity contribution in [2.45, 2.75) is 19.3 Å². The lowest BCUT2D eigenvalue weighted by molar-refractivity contribution is -0.330. The Morgan fingerprint density at radius 1 is 0.960 bits per heavy atom. The summed E-state index contributed by atoms with van der Waals surface area (Å²) in [5.41, 5.74) is 3.27. The predicted octanol–water partition coefficient (Wildman–Crippen LogP) is 5.16. The molecule has 4 heteroatoms. The molecule has 1 aromatic heterocycles. The fraction of sp³-hybridized carbons (Fsp3) is 0.238. The SMILES string of the molecule is Brc1ccc(N=Cc2cc3ccccc3[nH+]c2N2CCCCC2)cc1. The van der Waals surface area contributed by atoms with Crippen LogP contribution in [0.25, 0.3) is 10.9 Å². The Bertz CT molecular complexity index is 897. The van der Waals surface area contributed by atoms with Gasteiger partial charge in [-0.3, -0.25) is 9.89 Å². The summed E-state index contributed by atoms with van der Waals surface area (Å²) < 4.78 is 1.07. The van der Waals surface area contributed by atoms with Gasteiger partial charge in [-0.25, -0.2) is 4.98 Å². The highest BCUT2D eigenvalue weighted by molar-refractivity contribution is 9.10. The molecule has 4 rings (SSSR count). The number of aromatic amines is 1. The van der Waals surface area contributed by atoms with Crippen LogP contribution in [0.2, 0.25) is 0 Å². The molecule has 1 N–H and O–H groups in total. The Kier molecular flexibility index (Phi) is 4.79. The summed E-state index contributed by atoms with van der Waals surface area (Å²) in [5.74, 6) is 1.18. The lowest BCUT2D eigenvalue weighted by Gasteiger charge is -2.22. The second kappa shape index (κ2) is 7.36. The largest absolute Gasteiger partial charge is 0.283 e. The average Bonchev–Trinajstić information content (AvgIpc) is 2.67. The maximum Gasteiger partial charge on any atom is 0.283 e. The first-order valence-electron chi connectivity index (χ1n) is 8.79. The van der Waals surface area contributed by atoms with Gasteiger partial charge in [0.05, 0.1) is 24.3 Å². The summed E-state index contributed by atoms with van der Waals surface area (Å²) in [6, 6.07) is 18.7. The maximum atomic E-state index is 4.69. The van der Waals surface area contributed by atoms with Crippen LogP contribution in [-0.2, 0) is 0 Å². The van der Waals surface area contributed by atoms with Gasteiger partial charge in [0.1, 0.15) is 5.52 Å². The standard InChI is InChI=1S/C21H20BrN3/c22-18-8-10-19(11-9-18)23-15-17-14-16-6-2-3-7-20(16)24-21(17)25-12-4-1-5-13-25/h2-3,6-11,14-15H,1,4-5,12-13H2/p+1. The number of hydrogen-bond acceptors (Lipinski definition) is 2. The number of H-pyrrole nitrogens is 1. The van der Waals surface area contributed by atoms with E-state index in [9.17, 15) is 0 Å². The van der Waals surface area contributed by atoms with Gasteiger partial charge >= 0.3 is 0 Å². The van der Waals surface area contributed by atoms with Crippen molar-refractivity contribution in [3.05, 3.63) is 64.6 Å². The first-order chi connectivity index (χ1) is 12.3. The van der Waals surface area contributed by atoms with Gasteiger partial charge in [0, 0.05) is 16.1 Å². The van der Waals surface area contributed by atoms with Gasteiger partial charge in [-0.05, 0) is 55.7 Å². The van der Waals surface area contributed by atoms with Gasteiger partial charge in [0.2, 0.25) is 0 Å². The van der Waals surface area contributed by atoms with E-state index in [0.29, 0.717) is 0 Å². The Labute approximate surface area is 156 Å². The zero-order valence-corrected chi connectivity index (χ0v) is 15.7. The Hall–Kier alpha value is -2.20. The van der Waals surface area contributed by atoms with E-state index in [1.165, 1.54) is 36.0 Å². The van der Waals surface area contributed by atoms with Gasteiger partial charge in [-0.1, -0.05) is 34.1 Å². The van der Waals surface area contributed by atoms with Crippen molar-refractivity contribution in [3.63, 3.8) is 0 Å². The zero-order chi connectivity index (χ0) is 17.1. The number of piperidine rings is 1. The monoisotopic (exact) mass is 394 g/mol. The topological polar surface area (TPSA) is 29.7 Å². The molecule has 0 atom stereocenters. The number of hydrogen-bond donors (Lipinski definition) is 0. The van der Waals surface area contributed by atoms with Crippen LogP contribution in [0.1, 0.15) is 24.8 Å². The predicted molar refractivity (Wildman–Crippen MR) is 108 cm³/mol. The molecule has 0 spiro atoms. The molecule has 0 radical (unpaired) electrons. The summed E-state index contributed by atoms with van der Waals surface area (Å²) in [6.07, 6.45) is 5.82. The quantitative estimate of drug-likeness (QED) is 0.564. The summed E-state index contributed by atoms with van der Waals surface area (Å²) in [5, 5.41) is 1.21. The van der Waals surface area contributed by atoms with Gasteiger partial charge in [-0.2, -0.15) is 0 Å². The van der Waals surface area contributed by atoms with Crippen LogP contribution in [0.4, 0.5) is 11.5 Å². The number of halogens is 1. The Morgan fingerprint density at radius 3 is 2.52 bits per heavy atom. The van der Waals surface area contributed by atoms with E-state index in [1.54, 1.807) is 0 Å². The second-order valence-electron chi connectivity index (χ2n) is 6.44. The average molecular weight is 395 g/mol. The number of nitrogens with zero attached hydrogens (tertiary/aromatic N) is 2. The van der Waals surface area contributed by atoms with E-state index in [2.05, 4.69) is 61.1 Å². The summed E-state index contributed by atoms with van der Waals surface area (Å²) in [6.45, 7) is 2.21. The lowest BCUT2D eigenvalue weighted by Crippen LogP contribution is -2.35. The minimum atomic E-state index is 0.959. The van der Waals surface area contributed by atoms with E-state index < -0.39 is 0 Å². The number of benzene rings is 2. The normalized spacial score (nSPS) is 15.2. The molecule has 0 saturated carbocycles. The number of aromatic nitrogens is 1. The van der Waals surface area contributed by atoms with Crippen LogP contribution < -0.4 is 9.88 Å². The molecule has 0 aliphatic carbocycles. The fourth-order valence-electron chi connectivity index (χ4n) is 3.32. The molecule has 3 nitrogen and oxygen atoms in total. The first kappa shape index (κ1) is 16.3. The lowest BCUT2D eigenvalue weighted by atomic mass is 10.1. The highest BCUT2D eigenvalue weighted by Gasteiger charge is 2.22. The number of rotatable bonds is 3. The molecule has 2 aromatic carbocycles. The van der Waals surface area contributed by atoms with Crippen molar-refractivity contribution < 1.29 is 4.98 Å². The van der Waals surface area contributed by atoms with Crippen molar-refractivity contribution in [2.75, 3.05) is 18.0 Å². The Morgan fingerprint density at radius 2 is 1.72 bits per heavy atom. The summed E-state index contributed by atoms with van der Waals surface area (Å²) in [7, 11) is 0. The van der Waals surface area contributed by atoms with Crippen LogP contribution in [-0.4, -0.2) is 19.3 Å². The molecule has 2 heterocycles. The molecule has 1 fully saturated rings. The van der Waals surface area contributed by atoms with E-state index >= 15 is 0 Å². The van der Waals surface area contributed by atoms with Gasteiger partial charge in [-0.15, -0.1) is 0 Å². The van der Waals surface area contributed by atoms with Crippen LogP contribution in [0.3, 0.4) is 0 Å². The molecule has 0 unspecified atom stereocenters. The molecule has 3 aromatic rings. The maximum absolute atomic E-state index is 4.69. The van der Waals surface area contributed by atoms with Gasteiger partial charge in [0.15, 0.2) is 0 Å². The molecular weight excluding hydrogens is 374 g/mol. The van der Waals surface area contributed by atoms with Crippen LogP contribution in [0, 0.1) is 0 Å². The number of nitrogens with one attached hydrogen (secondary N) is 1. The molecule has 1 aliphatic rings. The molecule has 1 saturated heterocycles. The van der Waals surface area contributed by atoms with Gasteiger partial charge < -0.3 is 0 Å². The second-order valence-corrected chi connectivity index (χ2v) is 7.36. The van der Waals surface area contributed by atoms with Crippen molar-refractivity contribution in [3.8, 4) is 0 Å². The summed E-state index contributed by atoms with van der Waals surface area (Å²) in [4.78, 5) is 10.8. The first-order valence-corrected chi connectivity index (χ1v) is 9.58. The fourth-order valence-corrected chi connectivity index (χ4v) is 3.59. The van der Waals surface area contributed by atoms with E-state index in [-0.39, 0.29) is 0 Å². The number of aliphatic imine (C=N–C) groups is 1. The highest BCUT2D eigenvalue weighted by atomic mass is 79.9. The third-order valence-electron chi connectivity index (χ3n) is 4.65. The van der Waals surface area contributed by atoms with Crippen molar-refractivity contribution >= 4 is 44.6 Å². The van der Waals surface area contributed by atoms with Crippen molar-refractivity contribution in [2.24, 2.45) is 4.99 Å². The van der Waals surface area contributed by atoms with Crippen molar-refractivity contribution in [1.82, 2.24) is 0 Å². The molecule has 0 amide bonds. The Balaban J connectivity index is 1.75. The third kappa shape index (κ3) is 3.74. The minimum absolute atomic E-state index is 0.959. The third-order valence-corrected chi connectivity index (χ3v) is 5.18. The molecule has 126 valence electrons. The zero-order valence-electron chi connectivity index (χ0n) is 14.1. The summed E-state index contributed by atoms with van der Waals surface area (Å²) >= 11 is 3.47. The van der Waals surface area contributed by atoms with Gasteiger partial charge in [0.25, 0.3) is 5.82 Å². The number of fused-ring (bicyclic) bond motifs is 1. The van der Waals surface area contributed by atoms with Crippen LogP contribution >= 0.6 is 15.9 Å². The van der Waals surface area contributed by atoms with E-state index in [4.69, 9.17) is 0 Å². The molecule has 0 bridgehead atoms. The van der Waals surface area contributed by atoms with Crippen LogP contribution in [0.5, 0.6) is 0 Å². The number of anilines is 1. The molecule has 1 aliphatic heterocycles. The van der Waals surface area contributed by atoms with Crippen LogP contribution in [0.15, 0.2) is 64.1 Å². The smallest absolute Gasteiger partial charge is 0.261 e. The number of para-hydroxylation sites is 1. The minimum Gasteiger partial charge on any atom is -0.261 e. The van der Waals surface area contributed by atoms with E-state index in [1.807, 2.05) is 30.5 Å². The molecular formula is C21H21BrN3+. The van der Waals surface area contributed by atoms with E-state index in [0.717, 1.165) is 28.8 Å².